The van der Waals surface area contributed by atoms with E-state index in [-0.39, 0.29) is 0 Å². The lowest BCUT2D eigenvalue weighted by Crippen LogP contribution is -1.72. The summed E-state index contributed by atoms with van der Waals surface area (Å²) in [4.78, 5) is 8.91. The first-order valence-electron chi connectivity index (χ1n) is 8.52. The van der Waals surface area contributed by atoms with Crippen LogP contribution in [0, 0.1) is 0 Å². The maximum atomic E-state index is 4.45. The predicted octanol–water partition coefficient (Wildman–Crippen LogP) is 6.52. The summed E-state index contributed by atoms with van der Waals surface area (Å²) in [6, 6.07) is 28.2. The van der Waals surface area contributed by atoms with Crippen LogP contribution in [0.2, 0.25) is 0 Å². The van der Waals surface area contributed by atoms with Gasteiger partial charge in [0.1, 0.15) is 0 Å². The monoisotopic (exact) mass is 336 g/mol. The van der Waals surface area contributed by atoms with Gasteiger partial charge in [0.2, 0.25) is 0 Å². The summed E-state index contributed by atoms with van der Waals surface area (Å²) in [5.74, 6) is 0. The zero-order valence-corrected chi connectivity index (χ0v) is 14.4. The summed E-state index contributed by atoms with van der Waals surface area (Å²) in [7, 11) is 0. The van der Waals surface area contributed by atoms with Gasteiger partial charge < -0.3 is 0 Å². The van der Waals surface area contributed by atoms with Crippen LogP contribution in [0.4, 0.5) is 11.4 Å². The fourth-order valence-electron chi connectivity index (χ4n) is 2.35. The number of nitrogens with zero attached hydrogens (tertiary/aromatic N) is 2. The third-order valence-electron chi connectivity index (χ3n) is 3.63. The molecule has 0 fully saturated rings. The Morgan fingerprint density at radius 3 is 1.42 bits per heavy atom. The van der Waals surface area contributed by atoms with Crippen LogP contribution in [0.25, 0.3) is 12.2 Å². The molecule has 3 aromatic carbocycles. The molecule has 26 heavy (non-hydrogen) atoms. The van der Waals surface area contributed by atoms with Crippen LogP contribution in [-0.4, -0.2) is 12.4 Å². The molecule has 0 spiro atoms. The van der Waals surface area contributed by atoms with Crippen molar-refractivity contribution in [1.29, 1.82) is 0 Å². The van der Waals surface area contributed by atoms with E-state index in [1.807, 2.05) is 85.0 Å². The summed E-state index contributed by atoms with van der Waals surface area (Å²) < 4.78 is 0. The standard InChI is InChI=1S/C24H20N2/c1-3-10-21(11-4-1)14-8-18-25-23-16-7-17-24(20-23)26-19-9-15-22-12-5-2-6-13-22/h1-20H/b14-8+,15-9+,25-18?,26-19?. The molecular formula is C24H20N2. The topological polar surface area (TPSA) is 24.7 Å². The van der Waals surface area contributed by atoms with Crippen LogP contribution in [-0.2, 0) is 0 Å². The van der Waals surface area contributed by atoms with Crippen LogP contribution in [0.3, 0.4) is 0 Å². The highest BCUT2D eigenvalue weighted by atomic mass is 14.7. The van der Waals surface area contributed by atoms with Crippen LogP contribution < -0.4 is 0 Å². The molecule has 3 aromatic rings. The zero-order valence-electron chi connectivity index (χ0n) is 14.4. The summed E-state index contributed by atoms with van der Waals surface area (Å²) in [6.07, 6.45) is 11.5. The first-order chi connectivity index (χ1) is 12.9. The molecule has 0 bridgehead atoms. The van der Waals surface area contributed by atoms with Crippen molar-refractivity contribution >= 4 is 36.0 Å². The number of hydrogen-bond acceptors (Lipinski definition) is 2. The van der Waals surface area contributed by atoms with Crippen molar-refractivity contribution in [1.82, 2.24) is 0 Å². The van der Waals surface area contributed by atoms with Crippen LogP contribution >= 0.6 is 0 Å². The molecule has 0 aliphatic heterocycles. The molecule has 0 aliphatic rings. The smallest absolute Gasteiger partial charge is 0.0651 e. The van der Waals surface area contributed by atoms with Crippen molar-refractivity contribution in [2.24, 2.45) is 9.98 Å². The van der Waals surface area contributed by atoms with Gasteiger partial charge in [0.15, 0.2) is 0 Å². The molecule has 0 heterocycles. The van der Waals surface area contributed by atoms with Gasteiger partial charge in [0.05, 0.1) is 11.4 Å². The van der Waals surface area contributed by atoms with Crippen molar-refractivity contribution in [3.63, 3.8) is 0 Å². The molecule has 2 heteroatoms. The van der Waals surface area contributed by atoms with Crippen molar-refractivity contribution in [2.45, 2.75) is 0 Å². The highest BCUT2D eigenvalue weighted by molar-refractivity contribution is 5.82. The maximum Gasteiger partial charge on any atom is 0.0651 e. The number of rotatable bonds is 6. The van der Waals surface area contributed by atoms with E-state index in [0.717, 1.165) is 22.5 Å². The number of hydrogen-bond donors (Lipinski definition) is 0. The minimum atomic E-state index is 0.879. The SMILES string of the molecule is C(/C=C/c1ccccc1)=Nc1cccc(N=C/C=C/c2ccccc2)c1. The molecular weight excluding hydrogens is 316 g/mol. The Morgan fingerprint density at radius 2 is 0.962 bits per heavy atom. The van der Waals surface area contributed by atoms with Gasteiger partial charge in [-0.05, 0) is 41.5 Å². The van der Waals surface area contributed by atoms with Crippen LogP contribution in [0.15, 0.2) is 107 Å². The molecule has 0 radical (unpaired) electrons. The Hall–Kier alpha value is -3.52. The van der Waals surface area contributed by atoms with Crippen molar-refractivity contribution in [2.75, 3.05) is 0 Å². The Bertz CT molecular complexity index is 846. The number of aliphatic imine (C=N–C) groups is 2. The summed E-state index contributed by atoms with van der Waals surface area (Å²) in [5, 5.41) is 0. The summed E-state index contributed by atoms with van der Waals surface area (Å²) in [6.45, 7) is 0. The zero-order chi connectivity index (χ0) is 17.9. The molecule has 0 saturated carbocycles. The fraction of sp³-hybridized carbons (Fsp3) is 0. The van der Waals surface area contributed by atoms with Crippen molar-refractivity contribution in [3.8, 4) is 0 Å². The van der Waals surface area contributed by atoms with Crippen molar-refractivity contribution in [3.05, 3.63) is 108 Å². The van der Waals surface area contributed by atoms with Gasteiger partial charge in [-0.2, -0.15) is 0 Å². The van der Waals surface area contributed by atoms with E-state index in [2.05, 4.69) is 34.3 Å². The summed E-state index contributed by atoms with van der Waals surface area (Å²) in [5.41, 5.74) is 4.07. The average Bonchev–Trinajstić information content (AvgIpc) is 2.71. The molecule has 0 aliphatic carbocycles. The van der Waals surface area contributed by atoms with Gasteiger partial charge >= 0.3 is 0 Å². The van der Waals surface area contributed by atoms with E-state index in [9.17, 15) is 0 Å². The molecule has 126 valence electrons. The largest absolute Gasteiger partial charge is 0.257 e. The lowest BCUT2D eigenvalue weighted by Gasteiger charge is -1.95. The first-order valence-corrected chi connectivity index (χ1v) is 8.52. The van der Waals surface area contributed by atoms with E-state index < -0.39 is 0 Å². The Labute approximate surface area is 154 Å². The number of allylic oxidation sites excluding steroid dienone is 2. The average molecular weight is 336 g/mol. The predicted molar refractivity (Wildman–Crippen MR) is 114 cm³/mol. The minimum Gasteiger partial charge on any atom is -0.257 e. The van der Waals surface area contributed by atoms with Crippen LogP contribution in [0.1, 0.15) is 11.1 Å². The molecule has 0 saturated heterocycles. The third-order valence-corrected chi connectivity index (χ3v) is 3.63. The fourth-order valence-corrected chi connectivity index (χ4v) is 2.35. The normalized spacial score (nSPS) is 12.0. The van der Waals surface area contributed by atoms with Gasteiger partial charge in [-0.25, -0.2) is 0 Å². The van der Waals surface area contributed by atoms with E-state index in [0.29, 0.717) is 0 Å². The Balaban J connectivity index is 1.59. The molecule has 0 atom stereocenters. The minimum absolute atomic E-state index is 0.879. The van der Waals surface area contributed by atoms with Crippen LogP contribution in [0.5, 0.6) is 0 Å². The second-order valence-corrected chi connectivity index (χ2v) is 5.62. The number of benzene rings is 3. The second kappa shape index (κ2) is 9.70. The van der Waals surface area contributed by atoms with Crippen molar-refractivity contribution < 1.29 is 0 Å². The van der Waals surface area contributed by atoms with Gasteiger partial charge in [0.25, 0.3) is 0 Å². The molecule has 3 rings (SSSR count). The van der Waals surface area contributed by atoms with E-state index in [4.69, 9.17) is 0 Å². The van der Waals surface area contributed by atoms with Gasteiger partial charge in [0, 0.05) is 12.4 Å². The molecule has 0 N–H and O–H groups in total. The van der Waals surface area contributed by atoms with E-state index >= 15 is 0 Å². The Kier molecular flexibility index (Phi) is 6.46. The first kappa shape index (κ1) is 17.3. The molecule has 2 nitrogen and oxygen atoms in total. The molecule has 0 amide bonds. The lowest BCUT2D eigenvalue weighted by molar-refractivity contribution is 1.49. The van der Waals surface area contributed by atoms with Gasteiger partial charge in [-0.15, -0.1) is 0 Å². The molecule has 0 unspecified atom stereocenters. The Morgan fingerprint density at radius 1 is 0.500 bits per heavy atom. The van der Waals surface area contributed by atoms with Gasteiger partial charge in [-0.3, -0.25) is 9.98 Å². The summed E-state index contributed by atoms with van der Waals surface area (Å²) >= 11 is 0. The highest BCUT2D eigenvalue weighted by Gasteiger charge is 1.90. The molecule has 0 aromatic heterocycles. The van der Waals surface area contributed by atoms with E-state index in [1.54, 1.807) is 12.4 Å². The van der Waals surface area contributed by atoms with Gasteiger partial charge in [-0.1, -0.05) is 78.9 Å². The highest BCUT2D eigenvalue weighted by Crippen LogP contribution is 2.19. The van der Waals surface area contributed by atoms with E-state index in [1.165, 1.54) is 0 Å². The quantitative estimate of drug-likeness (QED) is 0.458. The third kappa shape index (κ3) is 5.84. The maximum absolute atomic E-state index is 4.45. The second-order valence-electron chi connectivity index (χ2n) is 5.62. The lowest BCUT2D eigenvalue weighted by atomic mass is 10.2.